The number of anilines is 1. The van der Waals surface area contributed by atoms with Crippen molar-refractivity contribution in [2.75, 3.05) is 18.6 Å². The van der Waals surface area contributed by atoms with Gasteiger partial charge < -0.3 is 18.8 Å². The number of halogens is 1. The number of methoxy groups -OCH3 is 1. The maximum atomic E-state index is 12.9. The van der Waals surface area contributed by atoms with E-state index in [1.54, 1.807) is 35.2 Å². The lowest BCUT2D eigenvalue weighted by Crippen LogP contribution is -2.28. The molecule has 1 amide bonds. The van der Waals surface area contributed by atoms with Crippen LogP contribution in [0.3, 0.4) is 0 Å². The molecule has 1 aliphatic heterocycles. The van der Waals surface area contributed by atoms with Crippen molar-refractivity contribution in [3.05, 3.63) is 81.7 Å². The first-order valence-corrected chi connectivity index (χ1v) is 9.84. The van der Waals surface area contributed by atoms with Gasteiger partial charge in [0, 0.05) is 16.7 Å². The lowest BCUT2D eigenvalue weighted by molar-refractivity contribution is 0.0600. The van der Waals surface area contributed by atoms with Crippen molar-refractivity contribution >= 4 is 33.5 Å². The zero-order valence-corrected chi connectivity index (χ0v) is 17.3. The summed E-state index contributed by atoms with van der Waals surface area (Å²) in [5.41, 5.74) is 2.20. The number of benzene rings is 2. The normalized spacial score (nSPS) is 12.6. The Hall–Kier alpha value is -3.06. The fourth-order valence-corrected chi connectivity index (χ4v) is 3.51. The average molecular weight is 456 g/mol. The molecule has 1 aliphatic rings. The number of carbonyl (C=O) groups excluding carboxylic acids is 2. The van der Waals surface area contributed by atoms with Crippen molar-refractivity contribution in [2.24, 2.45) is 0 Å². The van der Waals surface area contributed by atoms with Gasteiger partial charge in [0.1, 0.15) is 18.1 Å². The molecule has 0 radical (unpaired) electrons. The number of hydrogen-bond acceptors (Lipinski definition) is 5. The molecule has 0 unspecified atom stereocenters. The molecule has 29 heavy (non-hydrogen) atoms. The Kier molecular flexibility index (Phi) is 5.40. The van der Waals surface area contributed by atoms with E-state index in [2.05, 4.69) is 15.9 Å². The molecular weight excluding hydrogens is 438 g/mol. The molecule has 2 heterocycles. The Labute approximate surface area is 176 Å². The van der Waals surface area contributed by atoms with Crippen LogP contribution in [0.15, 0.2) is 63.5 Å². The first-order chi connectivity index (χ1) is 14.0. The van der Waals surface area contributed by atoms with Crippen LogP contribution in [0.2, 0.25) is 0 Å². The monoisotopic (exact) mass is 455 g/mol. The van der Waals surface area contributed by atoms with Crippen molar-refractivity contribution in [3.63, 3.8) is 0 Å². The van der Waals surface area contributed by atoms with Gasteiger partial charge in [0.2, 0.25) is 0 Å². The SMILES string of the molecule is COC(=O)c1ccc2c(c1)CCN2C(=O)c1ccc(COc2ccc(Br)cc2)o1. The molecule has 1 aromatic heterocycles. The Bertz CT molecular complexity index is 1060. The molecule has 148 valence electrons. The van der Waals surface area contributed by atoms with Crippen LogP contribution in [0.4, 0.5) is 5.69 Å². The van der Waals surface area contributed by atoms with Crippen LogP contribution in [0.25, 0.3) is 0 Å². The van der Waals surface area contributed by atoms with Gasteiger partial charge in [-0.1, -0.05) is 15.9 Å². The van der Waals surface area contributed by atoms with Crippen molar-refractivity contribution in [1.29, 1.82) is 0 Å². The second kappa shape index (κ2) is 8.13. The minimum atomic E-state index is -0.390. The molecule has 0 atom stereocenters. The van der Waals surface area contributed by atoms with Gasteiger partial charge in [-0.05, 0) is 66.6 Å². The van der Waals surface area contributed by atoms with E-state index in [1.807, 2.05) is 24.3 Å². The Morgan fingerprint density at radius 3 is 2.66 bits per heavy atom. The summed E-state index contributed by atoms with van der Waals surface area (Å²) in [6.45, 7) is 0.762. The molecule has 0 aliphatic carbocycles. The van der Waals surface area contributed by atoms with Gasteiger partial charge in [0.25, 0.3) is 5.91 Å². The summed E-state index contributed by atoms with van der Waals surface area (Å²) in [6.07, 6.45) is 0.673. The fraction of sp³-hybridized carbons (Fsp3) is 0.182. The summed E-state index contributed by atoms with van der Waals surface area (Å²) in [5, 5.41) is 0. The number of ether oxygens (including phenoxy) is 2. The van der Waals surface area contributed by atoms with Gasteiger partial charge in [0.15, 0.2) is 5.76 Å². The molecule has 0 spiro atoms. The van der Waals surface area contributed by atoms with E-state index in [0.717, 1.165) is 15.7 Å². The molecule has 3 aromatic rings. The molecule has 0 N–H and O–H groups in total. The highest BCUT2D eigenvalue weighted by molar-refractivity contribution is 9.10. The molecule has 6 nitrogen and oxygen atoms in total. The maximum absolute atomic E-state index is 12.9. The number of carbonyl (C=O) groups is 2. The molecule has 0 saturated heterocycles. The average Bonchev–Trinajstić information content (AvgIpc) is 3.39. The van der Waals surface area contributed by atoms with Crippen LogP contribution in [-0.4, -0.2) is 25.5 Å². The summed E-state index contributed by atoms with van der Waals surface area (Å²) in [4.78, 5) is 26.3. The topological polar surface area (TPSA) is 69.0 Å². The number of furan rings is 1. The zero-order valence-electron chi connectivity index (χ0n) is 15.7. The van der Waals surface area contributed by atoms with Gasteiger partial charge in [-0.25, -0.2) is 4.79 Å². The number of rotatable bonds is 5. The molecule has 0 bridgehead atoms. The number of nitrogens with zero attached hydrogens (tertiary/aromatic N) is 1. The van der Waals surface area contributed by atoms with E-state index in [-0.39, 0.29) is 24.2 Å². The van der Waals surface area contributed by atoms with Gasteiger partial charge in [-0.2, -0.15) is 0 Å². The molecule has 0 fully saturated rings. The highest BCUT2D eigenvalue weighted by Crippen LogP contribution is 2.31. The van der Waals surface area contributed by atoms with Crippen LogP contribution in [0, 0.1) is 0 Å². The van der Waals surface area contributed by atoms with E-state index in [4.69, 9.17) is 13.9 Å². The predicted octanol–water partition coefficient (Wildman–Crippen LogP) is 4.61. The Morgan fingerprint density at radius 1 is 1.10 bits per heavy atom. The number of hydrogen-bond donors (Lipinski definition) is 0. The van der Waals surface area contributed by atoms with Crippen molar-refractivity contribution < 1.29 is 23.5 Å². The highest BCUT2D eigenvalue weighted by Gasteiger charge is 2.28. The van der Waals surface area contributed by atoms with Gasteiger partial charge in [0.05, 0.1) is 12.7 Å². The van der Waals surface area contributed by atoms with Crippen LogP contribution < -0.4 is 9.64 Å². The molecular formula is C22H18BrNO5. The van der Waals surface area contributed by atoms with E-state index >= 15 is 0 Å². The molecule has 2 aromatic carbocycles. The number of esters is 1. The fourth-order valence-electron chi connectivity index (χ4n) is 3.25. The van der Waals surface area contributed by atoms with Crippen LogP contribution >= 0.6 is 15.9 Å². The van der Waals surface area contributed by atoms with E-state index in [9.17, 15) is 9.59 Å². The third-order valence-corrected chi connectivity index (χ3v) is 5.24. The lowest BCUT2D eigenvalue weighted by Gasteiger charge is -2.16. The second-order valence-electron chi connectivity index (χ2n) is 6.55. The third-order valence-electron chi connectivity index (χ3n) is 4.71. The molecule has 0 saturated carbocycles. The Morgan fingerprint density at radius 2 is 1.90 bits per heavy atom. The van der Waals surface area contributed by atoms with E-state index < -0.39 is 0 Å². The quantitative estimate of drug-likeness (QED) is 0.525. The summed E-state index contributed by atoms with van der Waals surface area (Å²) >= 11 is 3.38. The first kappa shape index (κ1) is 19.3. The van der Waals surface area contributed by atoms with E-state index in [0.29, 0.717) is 30.0 Å². The predicted molar refractivity (Wildman–Crippen MR) is 110 cm³/mol. The number of fused-ring (bicyclic) bond motifs is 1. The minimum absolute atomic E-state index is 0.218. The van der Waals surface area contributed by atoms with Crippen LogP contribution in [0.1, 0.15) is 32.2 Å². The molecule has 7 heteroatoms. The summed E-state index contributed by atoms with van der Waals surface area (Å²) in [6, 6.07) is 16.1. The van der Waals surface area contributed by atoms with Gasteiger partial charge in [-0.15, -0.1) is 0 Å². The van der Waals surface area contributed by atoms with Crippen LogP contribution in [-0.2, 0) is 17.8 Å². The van der Waals surface area contributed by atoms with Crippen LogP contribution in [0.5, 0.6) is 5.75 Å². The standard InChI is InChI=1S/C22H18BrNO5/c1-27-22(26)15-2-8-19-14(12-15)10-11-24(19)21(25)20-9-7-18(29-20)13-28-17-5-3-16(23)4-6-17/h2-9,12H,10-11,13H2,1H3. The van der Waals surface area contributed by atoms with Gasteiger partial charge >= 0.3 is 5.97 Å². The Balaban J connectivity index is 1.45. The van der Waals surface area contributed by atoms with Gasteiger partial charge in [-0.3, -0.25) is 4.79 Å². The first-order valence-electron chi connectivity index (χ1n) is 9.05. The third kappa shape index (κ3) is 4.05. The molecule has 4 rings (SSSR count). The number of amides is 1. The summed E-state index contributed by atoms with van der Waals surface area (Å²) < 4.78 is 17.1. The lowest BCUT2D eigenvalue weighted by atomic mass is 10.1. The van der Waals surface area contributed by atoms with Crippen molar-refractivity contribution in [2.45, 2.75) is 13.0 Å². The summed E-state index contributed by atoms with van der Waals surface area (Å²) in [7, 11) is 1.35. The van der Waals surface area contributed by atoms with Crippen molar-refractivity contribution in [1.82, 2.24) is 0 Å². The second-order valence-corrected chi connectivity index (χ2v) is 7.47. The van der Waals surface area contributed by atoms with Crippen molar-refractivity contribution in [3.8, 4) is 5.75 Å². The zero-order chi connectivity index (χ0) is 20.4. The summed E-state index contributed by atoms with van der Waals surface area (Å²) in [5.74, 6) is 0.928. The maximum Gasteiger partial charge on any atom is 0.337 e. The highest BCUT2D eigenvalue weighted by atomic mass is 79.9. The smallest absolute Gasteiger partial charge is 0.337 e. The van der Waals surface area contributed by atoms with E-state index in [1.165, 1.54) is 7.11 Å². The largest absolute Gasteiger partial charge is 0.486 e. The minimum Gasteiger partial charge on any atom is -0.486 e.